The summed E-state index contributed by atoms with van der Waals surface area (Å²) in [5.74, 6) is 1.03. The third-order valence-corrected chi connectivity index (χ3v) is 8.08. The fourth-order valence-electron chi connectivity index (χ4n) is 4.03. The molecule has 0 bridgehead atoms. The molecule has 0 unspecified atom stereocenters. The van der Waals surface area contributed by atoms with E-state index < -0.39 is 10.0 Å². The van der Waals surface area contributed by atoms with Gasteiger partial charge in [0.2, 0.25) is 10.0 Å². The van der Waals surface area contributed by atoms with Crippen molar-refractivity contribution in [2.24, 2.45) is 0 Å². The Morgan fingerprint density at radius 2 is 1.71 bits per heavy atom. The van der Waals surface area contributed by atoms with Crippen molar-refractivity contribution in [2.75, 3.05) is 44.3 Å². The highest BCUT2D eigenvalue weighted by Gasteiger charge is 2.21. The molecule has 2 heterocycles. The molecule has 1 aromatic heterocycles. The number of allylic oxidation sites excluding steroid dienone is 1. The molecule has 0 saturated carbocycles. The molecule has 7 nitrogen and oxygen atoms in total. The molecule has 1 fully saturated rings. The van der Waals surface area contributed by atoms with Gasteiger partial charge in [-0.1, -0.05) is 26.0 Å². The van der Waals surface area contributed by atoms with E-state index in [2.05, 4.69) is 4.90 Å². The van der Waals surface area contributed by atoms with Crippen LogP contribution in [-0.2, 0) is 14.8 Å². The Bertz CT molecular complexity index is 1290. The number of carbonyl (C=O) groups excluding carboxylic acids is 1. The first-order chi connectivity index (χ1) is 16.9. The predicted molar refractivity (Wildman–Crippen MR) is 137 cm³/mol. The van der Waals surface area contributed by atoms with E-state index in [0.717, 1.165) is 24.3 Å². The van der Waals surface area contributed by atoms with Gasteiger partial charge in [0, 0.05) is 43.0 Å². The Hall–Kier alpha value is -3.20. The van der Waals surface area contributed by atoms with E-state index in [-0.39, 0.29) is 10.7 Å². The lowest BCUT2D eigenvalue weighted by atomic mass is 10.1. The van der Waals surface area contributed by atoms with Crippen molar-refractivity contribution in [1.82, 2.24) is 4.31 Å². The molecule has 0 N–H and O–H groups in total. The predicted octanol–water partition coefficient (Wildman–Crippen LogP) is 4.71. The number of ketones is 1. The van der Waals surface area contributed by atoms with Crippen LogP contribution in [0.3, 0.4) is 0 Å². The first-order valence-electron chi connectivity index (χ1n) is 11.8. The minimum atomic E-state index is -3.51. The van der Waals surface area contributed by atoms with Crippen LogP contribution in [0.5, 0.6) is 0 Å². The summed E-state index contributed by atoms with van der Waals surface area (Å²) in [5.41, 5.74) is 2.38. The second kappa shape index (κ2) is 11.0. The first-order valence-corrected chi connectivity index (χ1v) is 13.2. The molecule has 4 rings (SSSR count). The van der Waals surface area contributed by atoms with Crippen molar-refractivity contribution in [2.45, 2.75) is 18.7 Å². The van der Waals surface area contributed by atoms with Gasteiger partial charge < -0.3 is 14.1 Å². The highest BCUT2D eigenvalue weighted by Crippen LogP contribution is 2.26. The van der Waals surface area contributed by atoms with Crippen LogP contribution in [0, 0.1) is 0 Å². The third-order valence-electron chi connectivity index (χ3n) is 6.01. The van der Waals surface area contributed by atoms with E-state index >= 15 is 0 Å². The molecule has 3 aromatic rings. The smallest absolute Gasteiger partial charge is 0.243 e. The van der Waals surface area contributed by atoms with Crippen LogP contribution in [0.15, 0.2) is 76.1 Å². The molecule has 0 radical (unpaired) electrons. The van der Waals surface area contributed by atoms with Crippen molar-refractivity contribution in [3.05, 3.63) is 78.1 Å². The van der Waals surface area contributed by atoms with Crippen LogP contribution >= 0.6 is 0 Å². The second-order valence-corrected chi connectivity index (χ2v) is 10.1. The summed E-state index contributed by atoms with van der Waals surface area (Å²) in [7, 11) is -3.51. The lowest BCUT2D eigenvalue weighted by Gasteiger charge is -2.29. The lowest BCUT2D eigenvalue weighted by molar-refractivity contribution is 0.104. The van der Waals surface area contributed by atoms with Gasteiger partial charge in [0.05, 0.1) is 18.1 Å². The maximum atomic E-state index is 12.7. The molecule has 0 aliphatic carbocycles. The van der Waals surface area contributed by atoms with E-state index in [9.17, 15) is 13.2 Å². The van der Waals surface area contributed by atoms with Gasteiger partial charge in [-0.25, -0.2) is 8.42 Å². The Labute approximate surface area is 206 Å². The van der Waals surface area contributed by atoms with Gasteiger partial charge in [0.25, 0.3) is 0 Å². The van der Waals surface area contributed by atoms with E-state index in [1.54, 1.807) is 48.5 Å². The maximum absolute atomic E-state index is 12.7. The monoisotopic (exact) mass is 494 g/mol. The number of hydrogen-bond acceptors (Lipinski definition) is 6. The zero-order valence-corrected chi connectivity index (χ0v) is 20.8. The van der Waals surface area contributed by atoms with Crippen molar-refractivity contribution < 1.29 is 22.4 Å². The van der Waals surface area contributed by atoms with Crippen LogP contribution in [-0.4, -0.2) is 57.9 Å². The number of sulfonamides is 1. The van der Waals surface area contributed by atoms with E-state index in [1.807, 2.05) is 32.0 Å². The largest absolute Gasteiger partial charge is 0.457 e. The summed E-state index contributed by atoms with van der Waals surface area (Å²) in [6.07, 6.45) is 3.15. The zero-order valence-electron chi connectivity index (χ0n) is 20.0. The van der Waals surface area contributed by atoms with Gasteiger partial charge in [-0.3, -0.25) is 4.79 Å². The fraction of sp³-hybridized carbons (Fsp3) is 0.296. The molecule has 1 aliphatic rings. The Balaban J connectivity index is 1.45. The van der Waals surface area contributed by atoms with Gasteiger partial charge >= 0.3 is 0 Å². The number of ether oxygens (including phenoxy) is 1. The first kappa shape index (κ1) is 24.9. The summed E-state index contributed by atoms with van der Waals surface area (Å²) in [6.45, 7) is 7.48. The number of hydrogen-bond donors (Lipinski definition) is 0. The van der Waals surface area contributed by atoms with Crippen molar-refractivity contribution in [3.63, 3.8) is 0 Å². The molecule has 0 atom stereocenters. The van der Waals surface area contributed by atoms with Gasteiger partial charge in [-0.2, -0.15) is 4.31 Å². The number of furan rings is 1. The molecule has 35 heavy (non-hydrogen) atoms. The van der Waals surface area contributed by atoms with Crippen LogP contribution < -0.4 is 4.90 Å². The van der Waals surface area contributed by atoms with E-state index in [1.165, 1.54) is 10.4 Å². The molecule has 0 amide bonds. The summed E-state index contributed by atoms with van der Waals surface area (Å²) in [6, 6.07) is 17.8. The van der Waals surface area contributed by atoms with Crippen molar-refractivity contribution in [1.29, 1.82) is 0 Å². The quantitative estimate of drug-likeness (QED) is 0.317. The summed E-state index contributed by atoms with van der Waals surface area (Å²) in [5, 5.41) is 0. The molecule has 1 aliphatic heterocycles. The Morgan fingerprint density at radius 3 is 2.40 bits per heavy atom. The number of benzene rings is 2. The third kappa shape index (κ3) is 5.73. The Morgan fingerprint density at radius 1 is 1.00 bits per heavy atom. The summed E-state index contributed by atoms with van der Waals surface area (Å²) >= 11 is 0. The number of morpholine rings is 1. The number of carbonyl (C=O) groups is 1. The van der Waals surface area contributed by atoms with Crippen LogP contribution in [0.4, 0.5) is 5.69 Å². The summed E-state index contributed by atoms with van der Waals surface area (Å²) < 4.78 is 38.0. The van der Waals surface area contributed by atoms with Crippen molar-refractivity contribution in [3.8, 4) is 11.3 Å². The molecule has 2 aromatic carbocycles. The highest BCUT2D eigenvalue weighted by atomic mass is 32.2. The van der Waals surface area contributed by atoms with Gasteiger partial charge in [-0.15, -0.1) is 0 Å². The van der Waals surface area contributed by atoms with Gasteiger partial charge in [0.1, 0.15) is 11.5 Å². The van der Waals surface area contributed by atoms with Gasteiger partial charge in [0.15, 0.2) is 5.78 Å². The normalized spacial score (nSPS) is 14.7. The zero-order chi connectivity index (χ0) is 24.8. The number of rotatable bonds is 9. The second-order valence-electron chi connectivity index (χ2n) is 8.16. The Kier molecular flexibility index (Phi) is 7.85. The molecular weight excluding hydrogens is 464 g/mol. The number of anilines is 1. The minimum Gasteiger partial charge on any atom is -0.457 e. The molecule has 8 heteroatoms. The van der Waals surface area contributed by atoms with Crippen LogP contribution in [0.1, 0.15) is 30.0 Å². The van der Waals surface area contributed by atoms with Crippen LogP contribution in [0.2, 0.25) is 0 Å². The molecular formula is C27H30N2O5S. The minimum absolute atomic E-state index is 0.107. The molecule has 1 saturated heterocycles. The summed E-state index contributed by atoms with van der Waals surface area (Å²) in [4.78, 5) is 15.2. The number of nitrogens with zero attached hydrogens (tertiary/aromatic N) is 2. The average Bonchev–Trinajstić information content (AvgIpc) is 3.37. The molecule has 0 spiro atoms. The van der Waals surface area contributed by atoms with Gasteiger partial charge in [-0.05, 0) is 60.7 Å². The van der Waals surface area contributed by atoms with Crippen molar-refractivity contribution >= 4 is 27.6 Å². The topological polar surface area (TPSA) is 80.1 Å². The van der Waals surface area contributed by atoms with E-state index in [0.29, 0.717) is 43.4 Å². The van der Waals surface area contributed by atoms with E-state index in [4.69, 9.17) is 9.15 Å². The highest BCUT2D eigenvalue weighted by molar-refractivity contribution is 7.89. The lowest BCUT2D eigenvalue weighted by Crippen LogP contribution is -2.36. The average molecular weight is 495 g/mol. The SMILES string of the molecule is CCN(CC)S(=O)(=O)c1ccc(-c2ccc(/C=C/C(=O)c3cccc(N4CCOCC4)c3)o2)cc1. The standard InChI is InChI=1S/C27H30N2O5S/c1-3-29(4-2)35(31,32)25-12-8-21(9-13-25)27-15-11-24(34-27)10-14-26(30)22-6-5-7-23(20-22)28-16-18-33-19-17-28/h5-15,20H,3-4,16-19H2,1-2H3/b14-10+. The van der Waals surface area contributed by atoms with Crippen LogP contribution in [0.25, 0.3) is 17.4 Å². The molecule has 184 valence electrons. The fourth-order valence-corrected chi connectivity index (χ4v) is 5.49. The maximum Gasteiger partial charge on any atom is 0.243 e.